The second-order valence-electron chi connectivity index (χ2n) is 6.91. The summed E-state index contributed by atoms with van der Waals surface area (Å²) in [6, 6.07) is 11.2. The van der Waals surface area contributed by atoms with Crippen LogP contribution in [0.4, 0.5) is 0 Å². The molecular weight excluding hydrogens is 310 g/mol. The van der Waals surface area contributed by atoms with Crippen LogP contribution in [0.3, 0.4) is 0 Å². The largest absolute Gasteiger partial charge is 0.348 e. The van der Waals surface area contributed by atoms with Gasteiger partial charge in [0.2, 0.25) is 0 Å². The lowest BCUT2D eigenvalue weighted by Gasteiger charge is -2.40. The minimum atomic E-state index is -0.298. The van der Waals surface area contributed by atoms with Gasteiger partial charge in [-0.1, -0.05) is 61.7 Å². The maximum absolute atomic E-state index is 5.89. The van der Waals surface area contributed by atoms with Gasteiger partial charge < -0.3 is 9.47 Å². The van der Waals surface area contributed by atoms with Crippen molar-refractivity contribution in [2.75, 3.05) is 19.8 Å². The molecule has 1 aromatic carbocycles. The van der Waals surface area contributed by atoms with Crippen molar-refractivity contribution in [2.45, 2.75) is 44.1 Å². The Kier molecular flexibility index (Phi) is 6.24. The quantitative estimate of drug-likeness (QED) is 0.684. The molecule has 1 spiro atoms. The van der Waals surface area contributed by atoms with Gasteiger partial charge in [-0.25, -0.2) is 0 Å². The number of rotatable bonds is 7. The van der Waals surface area contributed by atoms with E-state index in [4.69, 9.17) is 9.47 Å². The first-order valence-corrected chi connectivity index (χ1v) is 9.24. The molecule has 0 aromatic heterocycles. The van der Waals surface area contributed by atoms with Gasteiger partial charge in [0.15, 0.2) is 5.79 Å². The first-order valence-electron chi connectivity index (χ1n) is 9.24. The van der Waals surface area contributed by atoms with E-state index in [1.807, 2.05) is 12.2 Å². The van der Waals surface area contributed by atoms with E-state index in [1.54, 1.807) is 0 Å². The van der Waals surface area contributed by atoms with Crippen LogP contribution in [0.15, 0.2) is 67.3 Å². The average molecular weight is 339 g/mol. The predicted octanol–water partition coefficient (Wildman–Crippen LogP) is 4.47. The van der Waals surface area contributed by atoms with Crippen LogP contribution < -0.4 is 0 Å². The molecule has 0 bridgehead atoms. The van der Waals surface area contributed by atoms with Gasteiger partial charge in [-0.3, -0.25) is 4.90 Å². The smallest absolute Gasteiger partial charge is 0.168 e. The Morgan fingerprint density at radius 2 is 1.80 bits per heavy atom. The molecule has 1 aromatic rings. The standard InChI is InChI=1S/C22H29NO2/c1-3-8-19(4-2)17-23(18-20-9-6-5-7-10-20)21-11-13-22(14-12-21)24-15-16-25-22/h3-10,21H,1-2,11-18H2/b19-8+. The summed E-state index contributed by atoms with van der Waals surface area (Å²) in [7, 11) is 0. The number of nitrogens with zero attached hydrogens (tertiary/aromatic N) is 1. The molecule has 2 fully saturated rings. The number of allylic oxidation sites excluding steroid dienone is 2. The molecule has 0 unspecified atom stereocenters. The second-order valence-corrected chi connectivity index (χ2v) is 6.91. The van der Waals surface area contributed by atoms with E-state index in [-0.39, 0.29) is 5.79 Å². The van der Waals surface area contributed by atoms with E-state index in [1.165, 1.54) is 11.1 Å². The Labute approximate surface area is 151 Å². The van der Waals surface area contributed by atoms with Crippen LogP contribution in [-0.2, 0) is 16.0 Å². The van der Waals surface area contributed by atoms with Crippen molar-refractivity contribution in [1.29, 1.82) is 0 Å². The SMILES string of the molecule is C=C/C=C(\C=C)CN(Cc1ccccc1)C1CCC2(CC1)OCCO2. The lowest BCUT2D eigenvalue weighted by atomic mass is 9.88. The molecule has 1 saturated heterocycles. The lowest BCUT2D eigenvalue weighted by molar-refractivity contribution is -0.184. The zero-order valence-electron chi connectivity index (χ0n) is 15.0. The second kappa shape index (κ2) is 8.61. The van der Waals surface area contributed by atoms with Crippen LogP contribution in [0, 0.1) is 0 Å². The minimum Gasteiger partial charge on any atom is -0.348 e. The third-order valence-electron chi connectivity index (χ3n) is 5.26. The molecule has 3 heteroatoms. The molecule has 0 radical (unpaired) electrons. The Morgan fingerprint density at radius 1 is 1.12 bits per heavy atom. The molecule has 1 heterocycles. The number of hydrogen-bond donors (Lipinski definition) is 0. The summed E-state index contributed by atoms with van der Waals surface area (Å²) in [5, 5.41) is 0. The van der Waals surface area contributed by atoms with E-state index in [9.17, 15) is 0 Å². The monoisotopic (exact) mass is 339 g/mol. The van der Waals surface area contributed by atoms with Crippen molar-refractivity contribution in [3.8, 4) is 0 Å². The molecular formula is C22H29NO2. The van der Waals surface area contributed by atoms with Gasteiger partial charge in [-0.2, -0.15) is 0 Å². The zero-order chi connectivity index (χ0) is 17.5. The van der Waals surface area contributed by atoms with Gasteiger partial charge in [0.25, 0.3) is 0 Å². The van der Waals surface area contributed by atoms with Crippen molar-refractivity contribution >= 4 is 0 Å². The molecule has 0 amide bonds. The van der Waals surface area contributed by atoms with Crippen LogP contribution in [-0.4, -0.2) is 36.5 Å². The fourth-order valence-electron chi connectivity index (χ4n) is 3.90. The Hall–Kier alpha value is -1.68. The van der Waals surface area contributed by atoms with Crippen LogP contribution in [0.1, 0.15) is 31.2 Å². The fraction of sp³-hybridized carbons (Fsp3) is 0.455. The van der Waals surface area contributed by atoms with Crippen molar-refractivity contribution in [3.05, 3.63) is 72.9 Å². The summed E-state index contributed by atoms with van der Waals surface area (Å²) < 4.78 is 11.8. The van der Waals surface area contributed by atoms with E-state index < -0.39 is 0 Å². The predicted molar refractivity (Wildman–Crippen MR) is 102 cm³/mol. The van der Waals surface area contributed by atoms with Gasteiger partial charge in [0.1, 0.15) is 0 Å². The molecule has 25 heavy (non-hydrogen) atoms. The Bertz CT molecular complexity index is 592. The normalized spacial score (nSPS) is 20.9. The summed E-state index contributed by atoms with van der Waals surface area (Å²) in [4.78, 5) is 2.56. The van der Waals surface area contributed by atoms with Gasteiger partial charge in [0.05, 0.1) is 13.2 Å². The highest BCUT2D eigenvalue weighted by Gasteiger charge is 2.41. The van der Waals surface area contributed by atoms with Crippen molar-refractivity contribution in [1.82, 2.24) is 4.90 Å². The first kappa shape index (κ1) is 18.1. The fourth-order valence-corrected chi connectivity index (χ4v) is 3.90. The molecule has 0 atom stereocenters. The van der Waals surface area contributed by atoms with Gasteiger partial charge in [0, 0.05) is 32.0 Å². The van der Waals surface area contributed by atoms with E-state index in [2.05, 4.69) is 54.5 Å². The highest BCUT2D eigenvalue weighted by Crippen LogP contribution is 2.37. The van der Waals surface area contributed by atoms with Crippen LogP contribution in [0.25, 0.3) is 0 Å². The van der Waals surface area contributed by atoms with E-state index >= 15 is 0 Å². The van der Waals surface area contributed by atoms with Gasteiger partial charge in [-0.05, 0) is 24.0 Å². The molecule has 0 N–H and O–H groups in total. The summed E-state index contributed by atoms with van der Waals surface area (Å²) in [5.41, 5.74) is 2.55. The van der Waals surface area contributed by atoms with Crippen molar-refractivity contribution < 1.29 is 9.47 Å². The summed E-state index contributed by atoms with van der Waals surface area (Å²) in [5.74, 6) is -0.298. The molecule has 1 aliphatic carbocycles. The van der Waals surface area contributed by atoms with Crippen LogP contribution in [0.5, 0.6) is 0 Å². The maximum atomic E-state index is 5.89. The van der Waals surface area contributed by atoms with Crippen LogP contribution in [0.2, 0.25) is 0 Å². The van der Waals surface area contributed by atoms with Crippen molar-refractivity contribution in [3.63, 3.8) is 0 Å². The first-order chi connectivity index (χ1) is 12.2. The number of benzene rings is 1. The minimum absolute atomic E-state index is 0.298. The molecule has 2 aliphatic rings. The molecule has 3 nitrogen and oxygen atoms in total. The van der Waals surface area contributed by atoms with Crippen LogP contribution >= 0.6 is 0 Å². The topological polar surface area (TPSA) is 21.7 Å². The molecule has 3 rings (SSSR count). The van der Waals surface area contributed by atoms with E-state index in [0.717, 1.165) is 52.0 Å². The summed E-state index contributed by atoms with van der Waals surface area (Å²) in [6.07, 6.45) is 10.0. The zero-order valence-corrected chi connectivity index (χ0v) is 15.0. The van der Waals surface area contributed by atoms with Gasteiger partial charge >= 0.3 is 0 Å². The summed E-state index contributed by atoms with van der Waals surface area (Å²) >= 11 is 0. The molecule has 134 valence electrons. The van der Waals surface area contributed by atoms with Gasteiger partial charge in [-0.15, -0.1) is 0 Å². The summed E-state index contributed by atoms with van der Waals surface area (Å²) in [6.45, 7) is 11.1. The maximum Gasteiger partial charge on any atom is 0.168 e. The highest BCUT2D eigenvalue weighted by molar-refractivity contribution is 5.23. The third kappa shape index (κ3) is 4.69. The Balaban J connectivity index is 1.70. The number of ether oxygens (including phenoxy) is 2. The highest BCUT2D eigenvalue weighted by atomic mass is 16.7. The third-order valence-corrected chi connectivity index (χ3v) is 5.26. The Morgan fingerprint density at radius 3 is 2.40 bits per heavy atom. The molecule has 1 aliphatic heterocycles. The number of hydrogen-bond acceptors (Lipinski definition) is 3. The molecule has 1 saturated carbocycles. The lowest BCUT2D eigenvalue weighted by Crippen LogP contribution is -2.44. The van der Waals surface area contributed by atoms with Crippen molar-refractivity contribution in [2.24, 2.45) is 0 Å². The average Bonchev–Trinajstić information content (AvgIpc) is 3.10. The van der Waals surface area contributed by atoms with E-state index in [0.29, 0.717) is 6.04 Å².